The molecule has 0 aromatic carbocycles. The lowest BCUT2D eigenvalue weighted by Crippen LogP contribution is -2.35. The van der Waals surface area contributed by atoms with Crippen LogP contribution in [0.4, 0.5) is 0 Å². The number of hydrogen-bond acceptors (Lipinski definition) is 3. The van der Waals surface area contributed by atoms with Crippen molar-refractivity contribution in [2.75, 3.05) is 13.1 Å². The highest BCUT2D eigenvalue weighted by atomic mass is 16.2. The first-order valence-electron chi connectivity index (χ1n) is 7.95. The van der Waals surface area contributed by atoms with Crippen LogP contribution in [0.1, 0.15) is 51.4 Å². The minimum Gasteiger partial charge on any atom is -0.354 e. The molecule has 0 atom stereocenters. The largest absolute Gasteiger partial charge is 0.354 e. The number of amides is 2. The Bertz CT molecular complexity index is 334. The van der Waals surface area contributed by atoms with Gasteiger partial charge in [0, 0.05) is 31.5 Å². The fourth-order valence-electron chi connectivity index (χ4n) is 2.78. The van der Waals surface area contributed by atoms with E-state index in [4.69, 9.17) is 5.73 Å². The zero-order chi connectivity index (χ0) is 14.4. The number of nitrogens with one attached hydrogen (secondary N) is 2. The summed E-state index contributed by atoms with van der Waals surface area (Å²) in [5, 5.41) is 5.71. The van der Waals surface area contributed by atoms with Gasteiger partial charge in [-0.2, -0.15) is 0 Å². The van der Waals surface area contributed by atoms with Gasteiger partial charge in [-0.25, -0.2) is 0 Å². The molecule has 0 heterocycles. The fraction of sp³-hybridized carbons (Fsp3) is 0.867. The summed E-state index contributed by atoms with van der Waals surface area (Å²) in [5.74, 6) is 1.14. The van der Waals surface area contributed by atoms with E-state index in [1.807, 2.05) is 0 Å². The van der Waals surface area contributed by atoms with Crippen LogP contribution < -0.4 is 16.4 Å². The Kier molecular flexibility index (Phi) is 5.83. The zero-order valence-corrected chi connectivity index (χ0v) is 12.2. The topological polar surface area (TPSA) is 84.2 Å². The standard InChI is InChI=1S/C15H27N3O2/c16-13-6-1-11(2-7-13)3-8-14(19)17-9-10-18-15(20)12-4-5-12/h11-13H,1-10,16H2,(H,17,19)(H,18,20). The predicted octanol–water partition coefficient (Wildman–Crippen LogP) is 0.926. The molecule has 0 spiro atoms. The van der Waals surface area contributed by atoms with E-state index in [0.717, 1.165) is 44.9 Å². The summed E-state index contributed by atoms with van der Waals surface area (Å²) in [7, 11) is 0. The summed E-state index contributed by atoms with van der Waals surface area (Å²) >= 11 is 0. The molecule has 2 amide bonds. The Balaban J connectivity index is 1.46. The van der Waals surface area contributed by atoms with Crippen LogP contribution in [-0.2, 0) is 9.59 Å². The van der Waals surface area contributed by atoms with E-state index in [0.29, 0.717) is 31.5 Å². The highest BCUT2D eigenvalue weighted by molar-refractivity contribution is 5.81. The third-order valence-electron chi connectivity index (χ3n) is 4.37. The molecule has 0 aromatic heterocycles. The van der Waals surface area contributed by atoms with Crippen LogP contribution in [0, 0.1) is 11.8 Å². The van der Waals surface area contributed by atoms with Gasteiger partial charge in [-0.15, -0.1) is 0 Å². The van der Waals surface area contributed by atoms with Crippen molar-refractivity contribution >= 4 is 11.8 Å². The van der Waals surface area contributed by atoms with Crippen LogP contribution >= 0.6 is 0 Å². The molecule has 20 heavy (non-hydrogen) atoms. The van der Waals surface area contributed by atoms with Crippen LogP contribution in [-0.4, -0.2) is 30.9 Å². The molecule has 0 unspecified atom stereocenters. The minimum absolute atomic E-state index is 0.0977. The first-order valence-corrected chi connectivity index (χ1v) is 7.95. The first-order chi connectivity index (χ1) is 9.65. The van der Waals surface area contributed by atoms with Crippen molar-refractivity contribution in [3.8, 4) is 0 Å². The number of carbonyl (C=O) groups is 2. The van der Waals surface area contributed by atoms with Crippen molar-refractivity contribution in [2.24, 2.45) is 17.6 Å². The molecule has 0 saturated heterocycles. The first kappa shape index (κ1) is 15.3. The number of hydrogen-bond donors (Lipinski definition) is 3. The van der Waals surface area contributed by atoms with E-state index < -0.39 is 0 Å². The van der Waals surface area contributed by atoms with Crippen molar-refractivity contribution < 1.29 is 9.59 Å². The van der Waals surface area contributed by atoms with Gasteiger partial charge in [0.2, 0.25) is 11.8 Å². The van der Waals surface area contributed by atoms with Crippen molar-refractivity contribution in [1.82, 2.24) is 10.6 Å². The van der Waals surface area contributed by atoms with Crippen molar-refractivity contribution in [1.29, 1.82) is 0 Å². The van der Waals surface area contributed by atoms with E-state index in [-0.39, 0.29) is 17.7 Å². The van der Waals surface area contributed by atoms with E-state index >= 15 is 0 Å². The molecule has 2 aliphatic rings. The maximum atomic E-state index is 11.7. The van der Waals surface area contributed by atoms with Gasteiger partial charge in [-0.3, -0.25) is 9.59 Å². The molecule has 2 aliphatic carbocycles. The number of nitrogens with two attached hydrogens (primary N) is 1. The highest BCUT2D eigenvalue weighted by Gasteiger charge is 2.29. The van der Waals surface area contributed by atoms with Gasteiger partial charge in [-0.1, -0.05) is 0 Å². The molecule has 0 bridgehead atoms. The smallest absolute Gasteiger partial charge is 0.223 e. The molecule has 0 radical (unpaired) electrons. The summed E-state index contributed by atoms with van der Waals surface area (Å²) < 4.78 is 0. The van der Waals surface area contributed by atoms with Crippen LogP contribution in [0.15, 0.2) is 0 Å². The predicted molar refractivity (Wildman–Crippen MR) is 77.9 cm³/mol. The minimum atomic E-state index is 0.0977. The maximum Gasteiger partial charge on any atom is 0.223 e. The Hall–Kier alpha value is -1.10. The van der Waals surface area contributed by atoms with Crippen molar-refractivity contribution in [3.63, 3.8) is 0 Å². The van der Waals surface area contributed by atoms with E-state index in [2.05, 4.69) is 10.6 Å². The molecule has 0 aromatic rings. The van der Waals surface area contributed by atoms with Gasteiger partial charge in [0.15, 0.2) is 0 Å². The molecular formula is C15H27N3O2. The normalized spacial score (nSPS) is 26.1. The lowest BCUT2D eigenvalue weighted by atomic mass is 9.84. The lowest BCUT2D eigenvalue weighted by Gasteiger charge is -2.25. The molecule has 5 nitrogen and oxygen atoms in total. The Morgan fingerprint density at radius 1 is 0.950 bits per heavy atom. The summed E-state index contributed by atoms with van der Waals surface area (Å²) in [6.45, 7) is 1.08. The van der Waals surface area contributed by atoms with E-state index in [1.54, 1.807) is 0 Å². The average Bonchev–Trinajstić information content (AvgIpc) is 3.27. The van der Waals surface area contributed by atoms with Crippen LogP contribution in [0.2, 0.25) is 0 Å². The lowest BCUT2D eigenvalue weighted by molar-refractivity contribution is -0.123. The van der Waals surface area contributed by atoms with Gasteiger partial charge < -0.3 is 16.4 Å². The molecule has 2 saturated carbocycles. The number of rotatable bonds is 7. The summed E-state index contributed by atoms with van der Waals surface area (Å²) in [6, 6.07) is 0.371. The summed E-state index contributed by atoms with van der Waals surface area (Å²) in [4.78, 5) is 23.1. The SMILES string of the molecule is NC1CCC(CCC(=O)NCCNC(=O)C2CC2)CC1. The summed E-state index contributed by atoms with van der Waals surface area (Å²) in [6.07, 6.45) is 8.10. The molecule has 0 aliphatic heterocycles. The van der Waals surface area contributed by atoms with Crippen LogP contribution in [0.25, 0.3) is 0 Å². The van der Waals surface area contributed by atoms with Gasteiger partial charge >= 0.3 is 0 Å². The van der Waals surface area contributed by atoms with Crippen molar-refractivity contribution in [3.05, 3.63) is 0 Å². The maximum absolute atomic E-state index is 11.7. The molecule has 114 valence electrons. The van der Waals surface area contributed by atoms with E-state index in [1.165, 1.54) is 0 Å². The molecule has 2 fully saturated rings. The summed E-state index contributed by atoms with van der Waals surface area (Å²) in [5.41, 5.74) is 5.87. The van der Waals surface area contributed by atoms with Crippen LogP contribution in [0.5, 0.6) is 0 Å². The second kappa shape index (κ2) is 7.62. The highest BCUT2D eigenvalue weighted by Crippen LogP contribution is 2.28. The Morgan fingerprint density at radius 3 is 2.25 bits per heavy atom. The monoisotopic (exact) mass is 281 g/mol. The third-order valence-corrected chi connectivity index (χ3v) is 4.37. The van der Waals surface area contributed by atoms with Gasteiger partial charge in [0.1, 0.15) is 0 Å². The van der Waals surface area contributed by atoms with Gasteiger partial charge in [-0.05, 0) is 50.9 Å². The van der Waals surface area contributed by atoms with Gasteiger partial charge in [0.25, 0.3) is 0 Å². The second-order valence-electron chi connectivity index (χ2n) is 6.23. The zero-order valence-electron chi connectivity index (χ0n) is 12.2. The fourth-order valence-corrected chi connectivity index (χ4v) is 2.78. The van der Waals surface area contributed by atoms with Crippen molar-refractivity contribution in [2.45, 2.75) is 57.4 Å². The molecule has 2 rings (SSSR count). The van der Waals surface area contributed by atoms with Gasteiger partial charge in [0.05, 0.1) is 0 Å². The Labute approximate surface area is 121 Å². The van der Waals surface area contributed by atoms with Crippen LogP contribution in [0.3, 0.4) is 0 Å². The Morgan fingerprint density at radius 2 is 1.60 bits per heavy atom. The average molecular weight is 281 g/mol. The number of carbonyl (C=O) groups excluding carboxylic acids is 2. The van der Waals surface area contributed by atoms with E-state index in [9.17, 15) is 9.59 Å². The molecular weight excluding hydrogens is 254 g/mol. The molecule has 5 heteroatoms. The quantitative estimate of drug-likeness (QED) is 0.607. The molecule has 4 N–H and O–H groups in total. The third kappa shape index (κ3) is 5.49. The second-order valence-corrected chi connectivity index (χ2v) is 6.23.